The Morgan fingerprint density at radius 3 is 2.40 bits per heavy atom. The fraction of sp³-hybridized carbons (Fsp3) is 0.308. The van der Waals surface area contributed by atoms with E-state index in [-0.39, 0.29) is 11.3 Å². The molecule has 0 spiro atoms. The molecule has 0 N–H and O–H groups in total. The Balaban J connectivity index is 2.69. The number of thiazole rings is 1. The number of allylic oxidation sites excluding steroid dienone is 1. The molecule has 2 rings (SSSR count). The lowest BCUT2D eigenvalue weighted by atomic mass is 10.1. The molecule has 0 amide bonds. The van der Waals surface area contributed by atoms with Gasteiger partial charge < -0.3 is 9.07 Å². The lowest BCUT2D eigenvalue weighted by Crippen LogP contribution is -1.96. The van der Waals surface area contributed by atoms with Crippen molar-refractivity contribution < 1.29 is 9.07 Å². The number of nitrogens with zero attached hydrogens (tertiary/aromatic N) is 3. The normalized spacial score (nSPS) is 11.9. The highest BCUT2D eigenvalue weighted by Gasteiger charge is 2.22. The third-order valence-corrected chi connectivity index (χ3v) is 3.59. The van der Waals surface area contributed by atoms with E-state index < -0.39 is 0 Å². The first-order chi connectivity index (χ1) is 9.47. The van der Waals surface area contributed by atoms with E-state index in [1.54, 1.807) is 13.8 Å². The van der Waals surface area contributed by atoms with Gasteiger partial charge in [0.15, 0.2) is 17.4 Å². The van der Waals surface area contributed by atoms with E-state index in [0.29, 0.717) is 23.0 Å². The second-order valence-corrected chi connectivity index (χ2v) is 5.63. The van der Waals surface area contributed by atoms with Gasteiger partial charge in [-0.15, -0.1) is 11.3 Å². The average molecular weight is 285 g/mol. The molecule has 0 aliphatic rings. The lowest BCUT2D eigenvalue weighted by Gasteiger charge is -2.07. The quantitative estimate of drug-likeness (QED) is 0.492. The molecule has 0 atom stereocenters. The van der Waals surface area contributed by atoms with Crippen molar-refractivity contribution in [2.75, 3.05) is 0 Å². The summed E-state index contributed by atoms with van der Waals surface area (Å²) in [4.78, 5) is 9.43. The molecule has 0 saturated heterocycles. The van der Waals surface area contributed by atoms with Crippen LogP contribution in [0.2, 0.25) is 0 Å². The maximum absolute atomic E-state index is 9.43. The number of rotatable bonds is 3. The zero-order valence-corrected chi connectivity index (χ0v) is 12.5. The topological polar surface area (TPSA) is 71.9 Å². The van der Waals surface area contributed by atoms with Crippen LogP contribution in [0.4, 0.5) is 0 Å². The van der Waals surface area contributed by atoms with Crippen molar-refractivity contribution in [1.82, 2.24) is 9.97 Å². The molecule has 0 saturated carbocycles. The van der Waals surface area contributed by atoms with Gasteiger partial charge in [-0.25, -0.2) is 9.97 Å². The molecule has 7 heteroatoms. The molecular weight excluding hydrogens is 273 g/mol. The predicted molar refractivity (Wildman–Crippen MR) is 76.8 cm³/mol. The molecule has 2 radical (unpaired) electrons. The Hall–Kier alpha value is -2.07. The Labute approximate surface area is 122 Å². The first-order valence-corrected chi connectivity index (χ1v) is 6.69. The summed E-state index contributed by atoms with van der Waals surface area (Å²) in [6, 6.07) is 2.09. The standard InChI is InChI=1S/C13H12BN3O2S/c1-6-12(18-8(3)16-6)13(19-14)10(5-15)11-7(2)20-9(4)17-11/h1-4H3. The summed E-state index contributed by atoms with van der Waals surface area (Å²) in [6.07, 6.45) is 0. The second kappa shape index (κ2) is 5.51. The van der Waals surface area contributed by atoms with Crippen LogP contribution in [0.25, 0.3) is 11.3 Å². The van der Waals surface area contributed by atoms with Gasteiger partial charge in [0.05, 0.1) is 16.4 Å². The Bertz CT molecular complexity index is 725. The molecule has 2 aromatic rings. The first-order valence-electron chi connectivity index (χ1n) is 5.87. The minimum absolute atomic E-state index is 0.152. The molecule has 0 aliphatic carbocycles. The number of nitriles is 1. The Kier molecular flexibility index (Phi) is 3.95. The van der Waals surface area contributed by atoms with Gasteiger partial charge >= 0.3 is 8.05 Å². The fourth-order valence-corrected chi connectivity index (χ4v) is 2.76. The van der Waals surface area contributed by atoms with Gasteiger partial charge in [0.25, 0.3) is 0 Å². The molecule has 2 aromatic heterocycles. The van der Waals surface area contributed by atoms with Crippen molar-refractivity contribution >= 4 is 30.7 Å². The maximum atomic E-state index is 9.43. The molecule has 20 heavy (non-hydrogen) atoms. The van der Waals surface area contributed by atoms with Crippen LogP contribution < -0.4 is 0 Å². The first kappa shape index (κ1) is 14.3. The van der Waals surface area contributed by atoms with Gasteiger partial charge in [-0.3, -0.25) is 0 Å². The summed E-state index contributed by atoms with van der Waals surface area (Å²) in [7, 11) is 5.33. The molecule has 0 aliphatic heterocycles. The van der Waals surface area contributed by atoms with Gasteiger partial charge in [-0.2, -0.15) is 5.26 Å². The second-order valence-electron chi connectivity index (χ2n) is 4.22. The van der Waals surface area contributed by atoms with Crippen molar-refractivity contribution in [2.45, 2.75) is 27.7 Å². The summed E-state index contributed by atoms with van der Waals surface area (Å²) in [5, 5.41) is 10.3. The zero-order chi connectivity index (χ0) is 14.9. The Morgan fingerprint density at radius 1 is 1.30 bits per heavy atom. The van der Waals surface area contributed by atoms with Gasteiger partial charge in [-0.05, 0) is 20.8 Å². The molecule has 5 nitrogen and oxygen atoms in total. The van der Waals surface area contributed by atoms with Crippen LogP contribution in [0.1, 0.15) is 32.9 Å². The van der Waals surface area contributed by atoms with Crippen molar-refractivity contribution in [3.63, 3.8) is 0 Å². The molecular formula is C13H12BN3O2S. The van der Waals surface area contributed by atoms with E-state index in [0.717, 1.165) is 9.88 Å². The summed E-state index contributed by atoms with van der Waals surface area (Å²) >= 11 is 1.51. The number of oxazole rings is 1. The number of hydrogen-bond donors (Lipinski definition) is 0. The molecule has 0 aromatic carbocycles. The van der Waals surface area contributed by atoms with E-state index in [2.05, 4.69) is 16.0 Å². The van der Waals surface area contributed by atoms with Gasteiger partial charge in [0, 0.05) is 11.8 Å². The highest BCUT2D eigenvalue weighted by molar-refractivity contribution is 7.11. The minimum Gasteiger partial charge on any atom is -0.564 e. The van der Waals surface area contributed by atoms with Crippen molar-refractivity contribution in [2.24, 2.45) is 0 Å². The largest absolute Gasteiger partial charge is 0.564 e. The van der Waals surface area contributed by atoms with Crippen LogP contribution >= 0.6 is 11.3 Å². The molecule has 2 heterocycles. The molecule has 0 bridgehead atoms. The summed E-state index contributed by atoms with van der Waals surface area (Å²) in [6.45, 7) is 7.25. The van der Waals surface area contributed by atoms with E-state index in [1.807, 2.05) is 13.8 Å². The van der Waals surface area contributed by atoms with Crippen LogP contribution in [0.3, 0.4) is 0 Å². The van der Waals surface area contributed by atoms with E-state index >= 15 is 0 Å². The van der Waals surface area contributed by atoms with E-state index in [1.165, 1.54) is 11.3 Å². The van der Waals surface area contributed by atoms with Crippen molar-refractivity contribution in [3.05, 3.63) is 32.9 Å². The van der Waals surface area contributed by atoms with Crippen LogP contribution in [0.5, 0.6) is 0 Å². The zero-order valence-electron chi connectivity index (χ0n) is 11.6. The van der Waals surface area contributed by atoms with E-state index in [4.69, 9.17) is 17.1 Å². The number of aromatic nitrogens is 2. The Morgan fingerprint density at radius 2 is 2.00 bits per heavy atom. The third kappa shape index (κ3) is 2.47. The molecule has 100 valence electrons. The van der Waals surface area contributed by atoms with Gasteiger partial charge in [0.1, 0.15) is 11.6 Å². The average Bonchev–Trinajstić information content (AvgIpc) is 2.88. The van der Waals surface area contributed by atoms with Gasteiger partial charge in [-0.1, -0.05) is 0 Å². The van der Waals surface area contributed by atoms with Crippen LogP contribution in [0.15, 0.2) is 4.42 Å². The summed E-state index contributed by atoms with van der Waals surface area (Å²) in [5.41, 5.74) is 1.41. The summed E-state index contributed by atoms with van der Waals surface area (Å²) < 4.78 is 10.4. The van der Waals surface area contributed by atoms with Crippen LogP contribution in [-0.4, -0.2) is 18.0 Å². The highest BCUT2D eigenvalue weighted by atomic mass is 32.1. The fourth-order valence-electron chi connectivity index (χ4n) is 1.94. The monoisotopic (exact) mass is 285 g/mol. The number of hydrogen-bond acceptors (Lipinski definition) is 6. The van der Waals surface area contributed by atoms with Gasteiger partial charge in [0.2, 0.25) is 0 Å². The highest BCUT2D eigenvalue weighted by Crippen LogP contribution is 2.31. The van der Waals surface area contributed by atoms with Crippen LogP contribution in [0, 0.1) is 39.0 Å². The molecule has 0 fully saturated rings. The minimum atomic E-state index is 0.152. The predicted octanol–water partition coefficient (Wildman–Crippen LogP) is 2.86. The van der Waals surface area contributed by atoms with Crippen molar-refractivity contribution in [3.8, 4) is 6.07 Å². The smallest absolute Gasteiger partial charge is 0.374 e. The third-order valence-electron chi connectivity index (χ3n) is 2.71. The maximum Gasteiger partial charge on any atom is 0.374 e. The van der Waals surface area contributed by atoms with Crippen LogP contribution in [-0.2, 0) is 4.65 Å². The van der Waals surface area contributed by atoms with Crippen molar-refractivity contribution in [1.29, 1.82) is 5.26 Å². The molecule has 0 unspecified atom stereocenters. The van der Waals surface area contributed by atoms with E-state index in [9.17, 15) is 5.26 Å². The lowest BCUT2D eigenvalue weighted by molar-refractivity contribution is 0.469. The number of aryl methyl sites for hydroxylation is 4. The SMILES string of the molecule is [B]OC(=C(C#N)c1nc(C)sc1C)c1oc(C)nc1C. The summed E-state index contributed by atoms with van der Waals surface area (Å²) in [5.74, 6) is 0.987.